The first kappa shape index (κ1) is 13.6. The minimum absolute atomic E-state index is 0.0475. The van der Waals surface area contributed by atoms with Gasteiger partial charge in [-0.05, 0) is 12.8 Å². The van der Waals surface area contributed by atoms with E-state index in [1.165, 1.54) is 0 Å². The van der Waals surface area contributed by atoms with Gasteiger partial charge in [0.25, 0.3) is 0 Å². The minimum Gasteiger partial charge on any atom is -0.392 e. The molecular weight excluding hydrogens is 180 g/mol. The zero-order valence-corrected chi connectivity index (χ0v) is 9.53. The van der Waals surface area contributed by atoms with Crippen molar-refractivity contribution < 1.29 is 15.0 Å². The Hall–Kier alpha value is -0.410. The summed E-state index contributed by atoms with van der Waals surface area (Å²) in [5.41, 5.74) is 0. The molecule has 0 aliphatic rings. The van der Waals surface area contributed by atoms with Gasteiger partial charge in [-0.3, -0.25) is 4.79 Å². The Balaban J connectivity index is 4.31. The largest absolute Gasteiger partial charge is 0.392 e. The molecule has 0 radical (unpaired) electrons. The summed E-state index contributed by atoms with van der Waals surface area (Å²) in [6, 6.07) is 0. The predicted molar refractivity (Wildman–Crippen MR) is 55.9 cm³/mol. The van der Waals surface area contributed by atoms with Crippen LogP contribution in [0.15, 0.2) is 0 Å². The summed E-state index contributed by atoms with van der Waals surface area (Å²) in [6.07, 6.45) is -0.0352. The Bertz CT molecular complexity index is 161. The molecule has 0 aromatic rings. The number of aliphatic hydroxyl groups excluding tert-OH is 2. The number of carbonyl (C=O) groups is 1. The molecule has 0 spiro atoms. The first-order chi connectivity index (χ1) is 6.45. The first-order valence-corrected chi connectivity index (χ1v) is 5.35. The third kappa shape index (κ3) is 3.39. The normalized spacial score (nSPS) is 19.9. The molecule has 0 amide bonds. The van der Waals surface area contributed by atoms with Crippen LogP contribution >= 0.6 is 0 Å². The van der Waals surface area contributed by atoms with Gasteiger partial charge in [0, 0.05) is 11.8 Å². The van der Waals surface area contributed by atoms with E-state index in [-0.39, 0.29) is 17.6 Å². The number of ketones is 1. The number of hydrogen-bond acceptors (Lipinski definition) is 3. The fourth-order valence-electron chi connectivity index (χ4n) is 1.50. The van der Waals surface area contributed by atoms with E-state index in [4.69, 9.17) is 0 Å². The maximum atomic E-state index is 11.7. The van der Waals surface area contributed by atoms with Crippen LogP contribution in [0.3, 0.4) is 0 Å². The second-order valence-corrected chi connectivity index (χ2v) is 3.93. The molecule has 0 aliphatic carbocycles. The average Bonchev–Trinajstić information content (AvgIpc) is 2.23. The Kier molecular flexibility index (Phi) is 5.96. The van der Waals surface area contributed by atoms with Crippen LogP contribution in [-0.4, -0.2) is 28.2 Å². The van der Waals surface area contributed by atoms with E-state index in [1.54, 1.807) is 13.8 Å². The summed E-state index contributed by atoms with van der Waals surface area (Å²) in [5, 5.41) is 19.0. The molecule has 0 aromatic heterocycles. The Labute approximate surface area is 86.1 Å². The van der Waals surface area contributed by atoms with Crippen molar-refractivity contribution in [3.05, 3.63) is 0 Å². The highest BCUT2D eigenvalue weighted by Crippen LogP contribution is 2.17. The standard InChI is InChI=1S/C11H22O3/c1-5-9(12)7(3)11(14)8(4)10(13)6-2/h7-10,12-13H,5-6H2,1-4H3/t7-,8+,9-,10-/m0/s1. The molecule has 14 heavy (non-hydrogen) atoms. The second-order valence-electron chi connectivity index (χ2n) is 3.93. The van der Waals surface area contributed by atoms with Crippen molar-refractivity contribution in [3.63, 3.8) is 0 Å². The highest BCUT2D eigenvalue weighted by atomic mass is 16.3. The van der Waals surface area contributed by atoms with E-state index in [0.29, 0.717) is 12.8 Å². The summed E-state index contributed by atoms with van der Waals surface area (Å²) in [7, 11) is 0. The topological polar surface area (TPSA) is 57.5 Å². The van der Waals surface area contributed by atoms with E-state index in [2.05, 4.69) is 0 Å². The molecule has 0 aliphatic heterocycles. The van der Waals surface area contributed by atoms with Gasteiger partial charge in [0.05, 0.1) is 12.2 Å². The highest BCUT2D eigenvalue weighted by Gasteiger charge is 2.28. The van der Waals surface area contributed by atoms with Gasteiger partial charge in [-0.1, -0.05) is 27.7 Å². The van der Waals surface area contributed by atoms with Crippen molar-refractivity contribution in [2.24, 2.45) is 11.8 Å². The molecule has 0 fully saturated rings. The first-order valence-electron chi connectivity index (χ1n) is 5.35. The van der Waals surface area contributed by atoms with Gasteiger partial charge in [0.1, 0.15) is 5.78 Å². The van der Waals surface area contributed by atoms with Gasteiger partial charge in [-0.25, -0.2) is 0 Å². The molecule has 2 N–H and O–H groups in total. The van der Waals surface area contributed by atoms with Crippen molar-refractivity contribution in [2.45, 2.75) is 52.7 Å². The van der Waals surface area contributed by atoms with Crippen LogP contribution in [-0.2, 0) is 4.79 Å². The van der Waals surface area contributed by atoms with Gasteiger partial charge >= 0.3 is 0 Å². The molecule has 3 nitrogen and oxygen atoms in total. The zero-order chi connectivity index (χ0) is 11.3. The highest BCUT2D eigenvalue weighted by molar-refractivity contribution is 5.83. The maximum Gasteiger partial charge on any atom is 0.143 e. The van der Waals surface area contributed by atoms with Gasteiger partial charge in [-0.15, -0.1) is 0 Å². The number of aliphatic hydroxyl groups is 2. The fraction of sp³-hybridized carbons (Fsp3) is 0.909. The average molecular weight is 202 g/mol. The summed E-state index contributed by atoms with van der Waals surface area (Å²) < 4.78 is 0. The summed E-state index contributed by atoms with van der Waals surface area (Å²) in [5.74, 6) is -0.805. The molecule has 0 unspecified atom stereocenters. The van der Waals surface area contributed by atoms with Gasteiger partial charge < -0.3 is 10.2 Å². The van der Waals surface area contributed by atoms with Crippen molar-refractivity contribution in [3.8, 4) is 0 Å². The van der Waals surface area contributed by atoms with Gasteiger partial charge in [-0.2, -0.15) is 0 Å². The van der Waals surface area contributed by atoms with Crippen LogP contribution in [0.25, 0.3) is 0 Å². The van der Waals surface area contributed by atoms with Crippen LogP contribution in [0.2, 0.25) is 0 Å². The quantitative estimate of drug-likeness (QED) is 0.684. The predicted octanol–water partition coefficient (Wildman–Crippen LogP) is 1.37. The third-order valence-electron chi connectivity index (χ3n) is 2.89. The number of rotatable bonds is 6. The number of carbonyl (C=O) groups excluding carboxylic acids is 1. The molecule has 3 heteroatoms. The van der Waals surface area contributed by atoms with E-state index < -0.39 is 12.2 Å². The molecule has 0 bridgehead atoms. The van der Waals surface area contributed by atoms with E-state index in [1.807, 2.05) is 13.8 Å². The van der Waals surface area contributed by atoms with Gasteiger partial charge in [0.15, 0.2) is 0 Å². The number of hydrogen-bond donors (Lipinski definition) is 2. The Morgan fingerprint density at radius 2 is 1.29 bits per heavy atom. The molecule has 0 saturated heterocycles. The molecule has 0 saturated carbocycles. The lowest BCUT2D eigenvalue weighted by Crippen LogP contribution is -2.34. The lowest BCUT2D eigenvalue weighted by atomic mass is 9.86. The van der Waals surface area contributed by atoms with Crippen molar-refractivity contribution in [1.29, 1.82) is 0 Å². The molecule has 0 aromatic carbocycles. The second kappa shape index (κ2) is 6.14. The number of Topliss-reactive ketones (excluding diaryl/α,β-unsaturated/α-hetero) is 1. The lowest BCUT2D eigenvalue weighted by molar-refractivity contribution is -0.132. The van der Waals surface area contributed by atoms with E-state index >= 15 is 0 Å². The summed E-state index contributed by atoms with van der Waals surface area (Å²) >= 11 is 0. The molecule has 0 heterocycles. The Morgan fingerprint density at radius 1 is 1.00 bits per heavy atom. The van der Waals surface area contributed by atoms with Crippen LogP contribution in [0.4, 0.5) is 0 Å². The molecule has 4 atom stereocenters. The van der Waals surface area contributed by atoms with E-state index in [9.17, 15) is 15.0 Å². The van der Waals surface area contributed by atoms with Crippen LogP contribution in [0.5, 0.6) is 0 Å². The summed E-state index contributed by atoms with van der Waals surface area (Å²) in [4.78, 5) is 11.7. The monoisotopic (exact) mass is 202 g/mol. The minimum atomic E-state index is -0.589. The van der Waals surface area contributed by atoms with E-state index in [0.717, 1.165) is 0 Å². The molecular formula is C11H22O3. The summed E-state index contributed by atoms with van der Waals surface area (Å²) in [6.45, 7) is 7.12. The Morgan fingerprint density at radius 3 is 1.50 bits per heavy atom. The fourth-order valence-corrected chi connectivity index (χ4v) is 1.50. The molecule has 0 rings (SSSR count). The van der Waals surface area contributed by atoms with Crippen LogP contribution in [0.1, 0.15) is 40.5 Å². The maximum absolute atomic E-state index is 11.7. The SMILES string of the molecule is CC[C@H](O)[C@H](C)C(=O)[C@H](C)[C@@H](O)CC. The van der Waals surface area contributed by atoms with Crippen LogP contribution in [0, 0.1) is 11.8 Å². The smallest absolute Gasteiger partial charge is 0.143 e. The van der Waals surface area contributed by atoms with Crippen molar-refractivity contribution in [1.82, 2.24) is 0 Å². The third-order valence-corrected chi connectivity index (χ3v) is 2.89. The van der Waals surface area contributed by atoms with Crippen LogP contribution < -0.4 is 0 Å². The van der Waals surface area contributed by atoms with Crippen molar-refractivity contribution in [2.75, 3.05) is 0 Å². The molecule has 84 valence electrons. The zero-order valence-electron chi connectivity index (χ0n) is 9.53. The lowest BCUT2D eigenvalue weighted by Gasteiger charge is -2.22. The van der Waals surface area contributed by atoms with Crippen molar-refractivity contribution >= 4 is 5.78 Å². The van der Waals surface area contributed by atoms with Gasteiger partial charge in [0.2, 0.25) is 0 Å².